The van der Waals surface area contributed by atoms with Gasteiger partial charge >= 0.3 is 0 Å². The van der Waals surface area contributed by atoms with Crippen LogP contribution in [0.2, 0.25) is 5.02 Å². The highest BCUT2D eigenvalue weighted by Gasteiger charge is 2.66. The van der Waals surface area contributed by atoms with Crippen LogP contribution in [0.3, 0.4) is 0 Å². The monoisotopic (exact) mass is 690 g/mol. The predicted molar refractivity (Wildman–Crippen MR) is 189 cm³/mol. The number of hydrogen-bond donors (Lipinski definition) is 0. The van der Waals surface area contributed by atoms with Crippen molar-refractivity contribution in [3.05, 3.63) is 145 Å². The van der Waals surface area contributed by atoms with Gasteiger partial charge < -0.3 is 9.32 Å². The fourth-order valence-corrected chi connectivity index (χ4v) is 8.85. The molecular formula is C37H27ClN4O4S2. The molecule has 8 nitrogen and oxygen atoms in total. The molecule has 0 fully saturated rings. The number of nitrogens with zero attached hydrogens (tertiary/aromatic N) is 4. The fraction of sp³-hybridized carbons (Fsp3) is 0.162. The van der Waals surface area contributed by atoms with Gasteiger partial charge in [-0.15, -0.1) is 10.2 Å². The first-order valence-corrected chi connectivity index (χ1v) is 17.5. The van der Waals surface area contributed by atoms with Crippen LogP contribution in [-0.4, -0.2) is 22.0 Å². The first-order chi connectivity index (χ1) is 23.2. The topological polar surface area (TPSA) is 96.6 Å². The smallest absolute Gasteiger partial charge is 0.297 e. The Morgan fingerprint density at radius 3 is 2.48 bits per heavy atom. The third kappa shape index (κ3) is 4.54. The van der Waals surface area contributed by atoms with E-state index in [4.69, 9.17) is 16.0 Å². The van der Waals surface area contributed by atoms with Crippen molar-refractivity contribution in [3.8, 4) is 0 Å². The van der Waals surface area contributed by atoms with Gasteiger partial charge in [0, 0.05) is 16.3 Å². The number of halogens is 1. The van der Waals surface area contributed by atoms with Gasteiger partial charge in [0.15, 0.2) is 15.3 Å². The van der Waals surface area contributed by atoms with Crippen molar-refractivity contribution in [2.45, 2.75) is 42.9 Å². The molecule has 6 aromatic rings. The van der Waals surface area contributed by atoms with Crippen molar-refractivity contribution in [2.75, 3.05) is 9.80 Å². The molecule has 2 aromatic heterocycles. The van der Waals surface area contributed by atoms with Gasteiger partial charge in [-0.25, -0.2) is 0 Å². The number of carbonyl (C=O) groups excluding carboxylic acids is 2. The van der Waals surface area contributed by atoms with Crippen LogP contribution in [0.15, 0.2) is 98.5 Å². The number of carbonyl (C=O) groups is 2. The third-order valence-electron chi connectivity index (χ3n) is 9.06. The molecular weight excluding hydrogens is 664 g/mol. The maximum absolute atomic E-state index is 15.2. The molecule has 0 radical (unpaired) electrons. The number of hydrogen-bond acceptors (Lipinski definition) is 8. The van der Waals surface area contributed by atoms with Gasteiger partial charge in [0.1, 0.15) is 5.58 Å². The van der Waals surface area contributed by atoms with Crippen LogP contribution < -0.4 is 15.2 Å². The van der Waals surface area contributed by atoms with Crippen LogP contribution >= 0.6 is 34.7 Å². The van der Waals surface area contributed by atoms with Crippen molar-refractivity contribution in [1.82, 2.24) is 10.2 Å². The second-order valence-corrected chi connectivity index (χ2v) is 14.6. The van der Waals surface area contributed by atoms with E-state index in [9.17, 15) is 9.59 Å². The molecule has 4 heterocycles. The lowest BCUT2D eigenvalue weighted by Gasteiger charge is -2.32. The minimum Gasteiger partial charge on any atom is -0.450 e. The summed E-state index contributed by atoms with van der Waals surface area (Å²) in [6.07, 6.45) is 0. The first kappa shape index (κ1) is 30.6. The van der Waals surface area contributed by atoms with Crippen LogP contribution in [0.5, 0.6) is 0 Å². The van der Waals surface area contributed by atoms with Gasteiger partial charge in [0.2, 0.25) is 10.9 Å². The summed E-state index contributed by atoms with van der Waals surface area (Å²) < 4.78 is 6.88. The Hall–Kier alpha value is -4.77. The summed E-state index contributed by atoms with van der Waals surface area (Å²) >= 11 is 9.00. The molecule has 0 aliphatic carbocycles. The Morgan fingerprint density at radius 2 is 1.67 bits per heavy atom. The minimum absolute atomic E-state index is 0.00656. The van der Waals surface area contributed by atoms with E-state index in [0.717, 1.165) is 27.8 Å². The molecule has 0 bridgehead atoms. The molecule has 2 aliphatic heterocycles. The second-order valence-electron chi connectivity index (χ2n) is 12.0. The maximum Gasteiger partial charge on any atom is 0.297 e. The van der Waals surface area contributed by atoms with Crippen molar-refractivity contribution in [1.29, 1.82) is 0 Å². The molecule has 11 heteroatoms. The predicted octanol–water partition coefficient (Wildman–Crippen LogP) is 7.97. The zero-order valence-corrected chi connectivity index (χ0v) is 28.5. The molecule has 238 valence electrons. The molecule has 1 atom stereocenters. The summed E-state index contributed by atoms with van der Waals surface area (Å²) in [4.78, 5) is 47.5. The van der Waals surface area contributed by atoms with E-state index in [2.05, 4.69) is 10.2 Å². The lowest BCUT2D eigenvalue weighted by Crippen LogP contribution is -2.53. The standard InChI is InChI=1S/C37H27ClN4O4S2/c1-20-9-8-10-23(15-20)18-41-28-14-7-5-12-26(28)37(34(41)45)30-31(43)25-16-21(2)22(3)17-29(25)46-32(30)33(44)42(37)35-39-40-36(48-35)47-19-24-11-4-6-13-27(24)38/h4-17H,18-19H2,1-3H3. The summed E-state index contributed by atoms with van der Waals surface area (Å²) in [5.41, 5.74) is 3.82. The minimum atomic E-state index is -1.86. The zero-order valence-electron chi connectivity index (χ0n) is 26.1. The van der Waals surface area contributed by atoms with Gasteiger partial charge in [-0.3, -0.25) is 19.3 Å². The van der Waals surface area contributed by atoms with E-state index in [1.165, 1.54) is 28.0 Å². The van der Waals surface area contributed by atoms with Crippen molar-refractivity contribution in [3.63, 3.8) is 0 Å². The second kappa shape index (κ2) is 11.4. The number of anilines is 2. The Morgan fingerprint density at radius 1 is 0.896 bits per heavy atom. The molecule has 0 saturated carbocycles. The van der Waals surface area contributed by atoms with Crippen LogP contribution in [0, 0.1) is 20.8 Å². The number of benzene rings is 4. The summed E-state index contributed by atoms with van der Waals surface area (Å²) in [5.74, 6) is -0.698. The summed E-state index contributed by atoms with van der Waals surface area (Å²) in [5, 5.41) is 9.98. The van der Waals surface area contributed by atoms with E-state index in [-0.39, 0.29) is 28.6 Å². The lowest BCUT2D eigenvalue weighted by molar-refractivity contribution is -0.121. The van der Waals surface area contributed by atoms with E-state index in [0.29, 0.717) is 31.8 Å². The molecule has 8 rings (SSSR count). The van der Waals surface area contributed by atoms with Crippen LogP contribution in [0.25, 0.3) is 11.0 Å². The van der Waals surface area contributed by atoms with Gasteiger partial charge in [0.25, 0.3) is 11.8 Å². The van der Waals surface area contributed by atoms with Crippen LogP contribution in [0.1, 0.15) is 49.5 Å². The SMILES string of the molecule is Cc1cccc(CN2C(=O)C3(c4ccccc42)c2c(oc4cc(C)c(C)cc4c2=O)C(=O)N3c2nnc(SCc3ccccc3Cl)s2)c1. The normalized spacial score (nSPS) is 16.8. The Balaban J connectivity index is 1.33. The molecule has 4 aromatic carbocycles. The highest BCUT2D eigenvalue weighted by molar-refractivity contribution is 8.00. The zero-order chi connectivity index (χ0) is 33.3. The number of aryl methyl sites for hydroxylation is 3. The maximum atomic E-state index is 15.2. The van der Waals surface area contributed by atoms with Gasteiger partial charge in [-0.05, 0) is 67.3 Å². The number of thioether (sulfide) groups is 1. The molecule has 2 aliphatic rings. The average molecular weight is 691 g/mol. The Bertz CT molecular complexity index is 2390. The number of rotatable bonds is 6. The van der Waals surface area contributed by atoms with Crippen LogP contribution in [-0.2, 0) is 22.6 Å². The molecule has 0 N–H and O–H groups in total. The first-order valence-electron chi connectivity index (χ1n) is 15.3. The summed E-state index contributed by atoms with van der Waals surface area (Å²) in [7, 11) is 0. The lowest BCUT2D eigenvalue weighted by atomic mass is 9.84. The number of para-hydroxylation sites is 1. The largest absolute Gasteiger partial charge is 0.450 e. The molecule has 1 unspecified atom stereocenters. The Kier molecular flexibility index (Phi) is 7.28. The van der Waals surface area contributed by atoms with E-state index in [1.54, 1.807) is 23.1 Å². The molecule has 0 saturated heterocycles. The third-order valence-corrected chi connectivity index (χ3v) is 11.5. The molecule has 2 amide bonds. The summed E-state index contributed by atoms with van der Waals surface area (Å²) in [6.45, 7) is 6.07. The van der Waals surface area contributed by atoms with Gasteiger partial charge in [-0.2, -0.15) is 0 Å². The van der Waals surface area contributed by atoms with E-state index < -0.39 is 22.8 Å². The Labute approximate surface area is 289 Å². The number of fused-ring (bicyclic) bond motifs is 5. The average Bonchev–Trinajstić information content (AvgIpc) is 3.71. The quantitative estimate of drug-likeness (QED) is 0.129. The summed E-state index contributed by atoms with van der Waals surface area (Å²) in [6, 6.07) is 26.3. The number of amides is 2. The van der Waals surface area contributed by atoms with Crippen molar-refractivity contribution < 1.29 is 14.0 Å². The molecule has 1 spiro atoms. The fourth-order valence-electron chi connectivity index (χ4n) is 6.67. The van der Waals surface area contributed by atoms with E-state index >= 15 is 4.79 Å². The van der Waals surface area contributed by atoms with Gasteiger partial charge in [0.05, 0.1) is 23.2 Å². The van der Waals surface area contributed by atoms with Crippen LogP contribution in [0.4, 0.5) is 10.8 Å². The van der Waals surface area contributed by atoms with Gasteiger partial charge in [-0.1, -0.05) is 101 Å². The highest BCUT2D eigenvalue weighted by atomic mass is 35.5. The van der Waals surface area contributed by atoms with Crippen molar-refractivity contribution in [2.24, 2.45) is 0 Å². The highest BCUT2D eigenvalue weighted by Crippen LogP contribution is 2.55. The molecule has 48 heavy (non-hydrogen) atoms. The van der Waals surface area contributed by atoms with E-state index in [1.807, 2.05) is 87.5 Å². The van der Waals surface area contributed by atoms with Crippen molar-refractivity contribution >= 4 is 68.3 Å². The number of aromatic nitrogens is 2.